The van der Waals surface area contributed by atoms with Crippen LogP contribution in [0.2, 0.25) is 0 Å². The second kappa shape index (κ2) is 10.2. The van der Waals surface area contributed by atoms with E-state index in [0.717, 1.165) is 21.5 Å². The highest BCUT2D eigenvalue weighted by molar-refractivity contribution is 7.20. The number of hydrogen-bond donors (Lipinski definition) is 0. The molecule has 0 unspecified atom stereocenters. The first-order chi connectivity index (χ1) is 16.7. The van der Waals surface area contributed by atoms with Crippen molar-refractivity contribution in [3.05, 3.63) is 85.8 Å². The first kappa shape index (κ1) is 25.1. The smallest absolute Gasteiger partial charge is 0.291 e. The molecule has 9 nitrogen and oxygen atoms in total. The van der Waals surface area contributed by atoms with Crippen LogP contribution in [-0.2, 0) is 13.6 Å². The fourth-order valence-electron chi connectivity index (χ4n) is 3.71. The molecule has 35 heavy (non-hydrogen) atoms. The van der Waals surface area contributed by atoms with Gasteiger partial charge in [0.15, 0.2) is 0 Å². The standard InChI is InChI=1S/C25H23N7O2S/c1-15(2)10-18(16(3)12-27)21-11-19-23(35-21)24(33)32(25(34)31(19)9-7-8-26)20(14-28-5)22-17(4)13-29-30(22)6/h10-11,13-14H,1,3,5,7,9H2,2,4,6H3/b18-10+,20-14+. The lowest BCUT2D eigenvalue weighted by Crippen LogP contribution is -2.39. The topological polar surface area (TPSA) is 122 Å². The van der Waals surface area contributed by atoms with Crippen molar-refractivity contribution < 1.29 is 0 Å². The SMILES string of the molecule is C=N/C=C(\c1c(C)cnn1C)n1c(=O)c2sc(/C(=C/C(=C)C)C(=C)C#N)cc2n(CCC#N)c1=O. The van der Waals surface area contributed by atoms with Crippen LogP contribution < -0.4 is 11.2 Å². The van der Waals surface area contributed by atoms with Crippen molar-refractivity contribution in [1.82, 2.24) is 18.9 Å². The summed E-state index contributed by atoms with van der Waals surface area (Å²) in [5, 5.41) is 22.9. The van der Waals surface area contributed by atoms with Crippen molar-refractivity contribution >= 4 is 39.5 Å². The third-order valence-electron chi connectivity index (χ3n) is 5.21. The van der Waals surface area contributed by atoms with E-state index in [1.54, 1.807) is 37.0 Å². The van der Waals surface area contributed by atoms with Crippen LogP contribution >= 0.6 is 11.3 Å². The number of aromatic nitrogens is 4. The van der Waals surface area contributed by atoms with E-state index in [2.05, 4.69) is 30.0 Å². The Labute approximate surface area is 205 Å². The van der Waals surface area contributed by atoms with E-state index in [9.17, 15) is 20.1 Å². The van der Waals surface area contributed by atoms with Crippen LogP contribution in [0, 0.1) is 29.6 Å². The Balaban J connectivity index is 2.48. The van der Waals surface area contributed by atoms with Crippen LogP contribution in [0.4, 0.5) is 0 Å². The Bertz CT molecular complexity index is 1620. The van der Waals surface area contributed by atoms with Crippen molar-refractivity contribution in [2.45, 2.75) is 26.8 Å². The Morgan fingerprint density at radius 2 is 2.03 bits per heavy atom. The van der Waals surface area contributed by atoms with E-state index in [1.807, 2.05) is 19.1 Å². The molecule has 0 N–H and O–H groups in total. The summed E-state index contributed by atoms with van der Waals surface area (Å²) in [4.78, 5) is 31.8. The van der Waals surface area contributed by atoms with Crippen molar-refractivity contribution in [3.63, 3.8) is 0 Å². The number of aliphatic imine (C=N–C) groups is 1. The molecule has 0 amide bonds. The second-order valence-electron chi connectivity index (χ2n) is 7.80. The number of aryl methyl sites for hydroxylation is 3. The zero-order valence-corrected chi connectivity index (χ0v) is 20.5. The van der Waals surface area contributed by atoms with E-state index >= 15 is 0 Å². The lowest BCUT2D eigenvalue weighted by Gasteiger charge is -2.14. The summed E-state index contributed by atoms with van der Waals surface area (Å²) >= 11 is 1.14. The summed E-state index contributed by atoms with van der Waals surface area (Å²) in [6.45, 7) is 14.8. The maximum absolute atomic E-state index is 13.7. The number of fused-ring (bicyclic) bond motifs is 1. The maximum atomic E-state index is 13.7. The molecular weight excluding hydrogens is 462 g/mol. The van der Waals surface area contributed by atoms with Gasteiger partial charge in [0.05, 0.1) is 53.4 Å². The summed E-state index contributed by atoms with van der Waals surface area (Å²) in [6, 6.07) is 5.75. The predicted octanol–water partition coefficient (Wildman–Crippen LogP) is 3.77. The molecule has 176 valence electrons. The molecular formula is C25H23N7O2S. The quantitative estimate of drug-likeness (QED) is 0.273. The van der Waals surface area contributed by atoms with E-state index in [1.165, 1.54) is 10.8 Å². The van der Waals surface area contributed by atoms with Crippen LogP contribution in [0.15, 0.2) is 63.4 Å². The minimum atomic E-state index is -0.623. The maximum Gasteiger partial charge on any atom is 0.336 e. The molecule has 0 fully saturated rings. The monoisotopic (exact) mass is 485 g/mol. The predicted molar refractivity (Wildman–Crippen MR) is 139 cm³/mol. The molecule has 10 heteroatoms. The Morgan fingerprint density at radius 3 is 2.57 bits per heavy atom. The van der Waals surface area contributed by atoms with E-state index in [0.29, 0.717) is 27.2 Å². The summed E-state index contributed by atoms with van der Waals surface area (Å²) in [5.74, 6) is 0. The van der Waals surface area contributed by atoms with Crippen molar-refractivity contribution in [3.8, 4) is 12.1 Å². The molecule has 3 aromatic heterocycles. The number of rotatable bonds is 8. The number of allylic oxidation sites excluding steroid dienone is 4. The number of nitrogens with zero attached hydrogens (tertiary/aromatic N) is 7. The molecule has 0 aliphatic rings. The van der Waals surface area contributed by atoms with Gasteiger partial charge in [-0.15, -0.1) is 11.3 Å². The van der Waals surface area contributed by atoms with Gasteiger partial charge in [-0.2, -0.15) is 15.6 Å². The molecule has 0 aliphatic heterocycles. The molecule has 0 aliphatic carbocycles. The van der Waals surface area contributed by atoms with Gasteiger partial charge in [-0.05, 0) is 38.3 Å². The van der Waals surface area contributed by atoms with Crippen LogP contribution in [0.3, 0.4) is 0 Å². The van der Waals surface area contributed by atoms with Crippen LogP contribution in [0.25, 0.3) is 21.5 Å². The van der Waals surface area contributed by atoms with Crippen LogP contribution in [0.5, 0.6) is 0 Å². The molecule has 0 aromatic carbocycles. The molecule has 3 aromatic rings. The largest absolute Gasteiger partial charge is 0.336 e. The van der Waals surface area contributed by atoms with Crippen molar-refractivity contribution in [1.29, 1.82) is 10.5 Å². The first-order valence-corrected chi connectivity index (χ1v) is 11.3. The van der Waals surface area contributed by atoms with Gasteiger partial charge in [-0.25, -0.2) is 9.36 Å². The average molecular weight is 486 g/mol. The zero-order chi connectivity index (χ0) is 25.9. The number of thiophene rings is 1. The number of nitriles is 2. The van der Waals surface area contributed by atoms with Gasteiger partial charge in [-0.3, -0.25) is 19.0 Å². The number of hydrogen-bond acceptors (Lipinski definition) is 7. The average Bonchev–Trinajstić information content (AvgIpc) is 3.39. The summed E-state index contributed by atoms with van der Waals surface area (Å²) in [6.07, 6.45) is 4.72. The van der Waals surface area contributed by atoms with E-state index < -0.39 is 11.2 Å². The van der Waals surface area contributed by atoms with Gasteiger partial charge >= 0.3 is 5.69 Å². The lowest BCUT2D eigenvalue weighted by atomic mass is 10.0. The van der Waals surface area contributed by atoms with Gasteiger partial charge in [0, 0.05) is 24.0 Å². The first-order valence-electron chi connectivity index (χ1n) is 10.4. The van der Waals surface area contributed by atoms with E-state index in [-0.39, 0.29) is 28.9 Å². The van der Waals surface area contributed by atoms with Crippen molar-refractivity contribution in [2.75, 3.05) is 0 Å². The summed E-state index contributed by atoms with van der Waals surface area (Å²) < 4.78 is 4.24. The highest BCUT2D eigenvalue weighted by Crippen LogP contribution is 2.33. The highest BCUT2D eigenvalue weighted by Gasteiger charge is 2.23. The second-order valence-corrected chi connectivity index (χ2v) is 8.85. The Kier molecular flexibility index (Phi) is 7.28. The summed E-state index contributed by atoms with van der Waals surface area (Å²) in [5.41, 5.74) is 2.09. The Hall–Kier alpha value is -4.54. The fraction of sp³-hybridized carbons (Fsp3) is 0.200. The zero-order valence-electron chi connectivity index (χ0n) is 19.7. The van der Waals surface area contributed by atoms with Crippen LogP contribution in [0.1, 0.15) is 29.5 Å². The minimum absolute atomic E-state index is 0.0568. The van der Waals surface area contributed by atoms with Gasteiger partial charge in [0.1, 0.15) is 4.70 Å². The molecule has 0 saturated heterocycles. The molecule has 0 bridgehead atoms. The van der Waals surface area contributed by atoms with E-state index in [4.69, 9.17) is 0 Å². The van der Waals surface area contributed by atoms with Gasteiger partial charge in [-0.1, -0.05) is 18.7 Å². The van der Waals surface area contributed by atoms with Gasteiger partial charge in [0.25, 0.3) is 5.56 Å². The molecule has 0 atom stereocenters. The Morgan fingerprint density at radius 1 is 1.31 bits per heavy atom. The molecule has 0 radical (unpaired) electrons. The fourth-order valence-corrected chi connectivity index (χ4v) is 4.85. The third-order valence-corrected chi connectivity index (χ3v) is 6.35. The lowest BCUT2D eigenvalue weighted by molar-refractivity contribution is 0.662. The van der Waals surface area contributed by atoms with Gasteiger partial charge in [0.2, 0.25) is 0 Å². The highest BCUT2D eigenvalue weighted by atomic mass is 32.1. The summed E-state index contributed by atoms with van der Waals surface area (Å²) in [7, 11) is 1.70. The molecule has 3 rings (SSSR count). The molecule has 3 heterocycles. The molecule has 0 spiro atoms. The molecule has 0 saturated carbocycles. The minimum Gasteiger partial charge on any atom is -0.291 e. The van der Waals surface area contributed by atoms with Crippen LogP contribution in [-0.4, -0.2) is 25.6 Å². The third kappa shape index (κ3) is 4.60. The normalized spacial score (nSPS) is 11.8. The van der Waals surface area contributed by atoms with Crippen molar-refractivity contribution in [2.24, 2.45) is 12.0 Å². The van der Waals surface area contributed by atoms with Gasteiger partial charge < -0.3 is 0 Å².